The number of carbonyl (C=O) groups excluding carboxylic acids is 1. The van der Waals surface area contributed by atoms with Crippen LogP contribution in [0, 0.1) is 0 Å². The SMILES string of the molecule is Nc1ccc(C=O)c(CCCl)c1. The molecule has 0 atom stereocenters. The number of alkyl halides is 1. The topological polar surface area (TPSA) is 43.1 Å². The second kappa shape index (κ2) is 4.12. The van der Waals surface area contributed by atoms with E-state index in [0.29, 0.717) is 23.6 Å². The van der Waals surface area contributed by atoms with E-state index in [4.69, 9.17) is 17.3 Å². The molecule has 0 radical (unpaired) electrons. The van der Waals surface area contributed by atoms with Gasteiger partial charge in [0.25, 0.3) is 0 Å². The first-order chi connectivity index (χ1) is 5.77. The van der Waals surface area contributed by atoms with Gasteiger partial charge in [-0.1, -0.05) is 0 Å². The summed E-state index contributed by atoms with van der Waals surface area (Å²) in [5.74, 6) is 0.504. The molecule has 0 aliphatic carbocycles. The van der Waals surface area contributed by atoms with Crippen LogP contribution in [0.1, 0.15) is 15.9 Å². The van der Waals surface area contributed by atoms with Crippen molar-refractivity contribution in [1.29, 1.82) is 0 Å². The molecule has 0 aliphatic rings. The summed E-state index contributed by atoms with van der Waals surface area (Å²) in [5, 5.41) is 0. The molecule has 0 fully saturated rings. The summed E-state index contributed by atoms with van der Waals surface area (Å²) >= 11 is 5.56. The highest BCUT2D eigenvalue weighted by Gasteiger charge is 2.00. The lowest BCUT2D eigenvalue weighted by Gasteiger charge is -2.02. The maximum Gasteiger partial charge on any atom is 0.150 e. The number of anilines is 1. The molecule has 0 bridgehead atoms. The van der Waals surface area contributed by atoms with Gasteiger partial charge in [-0.05, 0) is 30.2 Å². The molecule has 64 valence electrons. The number of aryl methyl sites for hydroxylation is 1. The van der Waals surface area contributed by atoms with Gasteiger partial charge in [-0.3, -0.25) is 4.79 Å². The lowest BCUT2D eigenvalue weighted by atomic mass is 10.1. The Morgan fingerprint density at radius 3 is 2.83 bits per heavy atom. The maximum atomic E-state index is 10.5. The van der Waals surface area contributed by atoms with Gasteiger partial charge in [0, 0.05) is 17.1 Å². The van der Waals surface area contributed by atoms with Gasteiger partial charge in [-0.15, -0.1) is 11.6 Å². The van der Waals surface area contributed by atoms with Crippen molar-refractivity contribution in [3.63, 3.8) is 0 Å². The molecule has 1 rings (SSSR count). The quantitative estimate of drug-likeness (QED) is 0.442. The highest BCUT2D eigenvalue weighted by molar-refractivity contribution is 6.18. The molecule has 2 N–H and O–H groups in total. The van der Waals surface area contributed by atoms with Crippen LogP contribution >= 0.6 is 11.6 Å². The lowest BCUT2D eigenvalue weighted by molar-refractivity contribution is 0.112. The van der Waals surface area contributed by atoms with E-state index in [2.05, 4.69) is 0 Å². The van der Waals surface area contributed by atoms with Crippen molar-refractivity contribution in [2.24, 2.45) is 0 Å². The number of nitrogens with two attached hydrogens (primary N) is 1. The van der Waals surface area contributed by atoms with Crippen molar-refractivity contribution in [2.45, 2.75) is 6.42 Å². The van der Waals surface area contributed by atoms with Gasteiger partial charge in [0.05, 0.1) is 0 Å². The van der Waals surface area contributed by atoms with Crippen molar-refractivity contribution in [2.75, 3.05) is 11.6 Å². The molecule has 0 amide bonds. The first-order valence-electron chi connectivity index (χ1n) is 3.67. The number of carbonyl (C=O) groups is 1. The molecule has 0 aliphatic heterocycles. The smallest absolute Gasteiger partial charge is 0.150 e. The number of halogens is 1. The lowest BCUT2D eigenvalue weighted by Crippen LogP contribution is -1.96. The third kappa shape index (κ3) is 1.98. The number of aldehydes is 1. The normalized spacial score (nSPS) is 9.75. The third-order valence-electron chi connectivity index (χ3n) is 1.66. The van der Waals surface area contributed by atoms with Crippen LogP contribution in [0.2, 0.25) is 0 Å². The predicted molar refractivity (Wildman–Crippen MR) is 50.7 cm³/mol. The van der Waals surface area contributed by atoms with Gasteiger partial charge in [-0.25, -0.2) is 0 Å². The van der Waals surface area contributed by atoms with Crippen LogP contribution in [-0.2, 0) is 6.42 Å². The monoisotopic (exact) mass is 183 g/mol. The highest BCUT2D eigenvalue weighted by atomic mass is 35.5. The number of hydrogen-bond acceptors (Lipinski definition) is 2. The summed E-state index contributed by atoms with van der Waals surface area (Å²) in [6.45, 7) is 0. The van der Waals surface area contributed by atoms with Crippen LogP contribution in [0.3, 0.4) is 0 Å². The van der Waals surface area contributed by atoms with Gasteiger partial charge in [0.15, 0.2) is 0 Å². The van der Waals surface area contributed by atoms with Crippen LogP contribution in [0.15, 0.2) is 18.2 Å². The van der Waals surface area contributed by atoms with Crippen LogP contribution in [0.4, 0.5) is 5.69 Å². The number of nitrogen functional groups attached to an aromatic ring is 1. The van der Waals surface area contributed by atoms with Gasteiger partial charge < -0.3 is 5.73 Å². The van der Waals surface area contributed by atoms with E-state index in [-0.39, 0.29) is 0 Å². The molecule has 0 spiro atoms. The van der Waals surface area contributed by atoms with E-state index in [0.717, 1.165) is 11.8 Å². The van der Waals surface area contributed by atoms with Crippen LogP contribution in [0.25, 0.3) is 0 Å². The third-order valence-corrected chi connectivity index (χ3v) is 1.85. The molecule has 0 heterocycles. The van der Waals surface area contributed by atoms with E-state index in [1.165, 1.54) is 0 Å². The average molecular weight is 184 g/mol. The number of rotatable bonds is 3. The second-order valence-electron chi connectivity index (χ2n) is 2.52. The zero-order valence-electron chi connectivity index (χ0n) is 6.59. The minimum Gasteiger partial charge on any atom is -0.399 e. The van der Waals surface area contributed by atoms with Crippen molar-refractivity contribution < 1.29 is 4.79 Å². The molecule has 1 aromatic rings. The minimum absolute atomic E-state index is 0.504. The Bertz CT molecular complexity index is 286. The molecular formula is C9H10ClNO. The molecule has 12 heavy (non-hydrogen) atoms. The maximum absolute atomic E-state index is 10.5. The van der Waals surface area contributed by atoms with Gasteiger partial charge >= 0.3 is 0 Å². The Balaban J connectivity index is 3.03. The Hall–Kier alpha value is -1.02. The first kappa shape index (κ1) is 9.07. The summed E-state index contributed by atoms with van der Waals surface area (Å²) < 4.78 is 0. The fourth-order valence-electron chi connectivity index (χ4n) is 1.06. The fraction of sp³-hybridized carbons (Fsp3) is 0.222. The Labute approximate surface area is 76.3 Å². The van der Waals surface area contributed by atoms with E-state index in [9.17, 15) is 4.79 Å². The molecular weight excluding hydrogens is 174 g/mol. The zero-order chi connectivity index (χ0) is 8.97. The molecule has 2 nitrogen and oxygen atoms in total. The Kier molecular flexibility index (Phi) is 3.11. The molecule has 0 aromatic heterocycles. The summed E-state index contributed by atoms with van der Waals surface area (Å²) in [6, 6.07) is 5.21. The molecule has 1 aromatic carbocycles. The molecule has 0 saturated heterocycles. The van der Waals surface area contributed by atoms with E-state index in [1.807, 2.05) is 0 Å². The van der Waals surface area contributed by atoms with Crippen molar-refractivity contribution >= 4 is 23.6 Å². The Morgan fingerprint density at radius 2 is 2.25 bits per heavy atom. The van der Waals surface area contributed by atoms with Gasteiger partial charge in [-0.2, -0.15) is 0 Å². The summed E-state index contributed by atoms with van der Waals surface area (Å²) in [7, 11) is 0. The van der Waals surface area contributed by atoms with Crippen molar-refractivity contribution in [1.82, 2.24) is 0 Å². The molecule has 0 saturated carbocycles. The van der Waals surface area contributed by atoms with Crippen molar-refractivity contribution in [3.05, 3.63) is 29.3 Å². The molecule has 0 unspecified atom stereocenters. The van der Waals surface area contributed by atoms with Crippen LogP contribution in [-0.4, -0.2) is 12.2 Å². The highest BCUT2D eigenvalue weighted by Crippen LogP contribution is 2.12. The predicted octanol–water partition coefficient (Wildman–Crippen LogP) is 1.86. The van der Waals surface area contributed by atoms with Crippen LogP contribution < -0.4 is 5.73 Å². The number of benzene rings is 1. The summed E-state index contributed by atoms with van der Waals surface area (Å²) in [4.78, 5) is 10.5. The Morgan fingerprint density at radius 1 is 1.50 bits per heavy atom. The van der Waals surface area contributed by atoms with E-state index in [1.54, 1.807) is 18.2 Å². The standard InChI is InChI=1S/C9H10ClNO/c10-4-3-7-5-9(11)2-1-8(7)6-12/h1-2,5-6H,3-4,11H2. The minimum atomic E-state index is 0.504. The summed E-state index contributed by atoms with van der Waals surface area (Å²) in [5.41, 5.74) is 7.81. The number of hydrogen-bond donors (Lipinski definition) is 1. The van der Waals surface area contributed by atoms with Crippen molar-refractivity contribution in [3.8, 4) is 0 Å². The van der Waals surface area contributed by atoms with Gasteiger partial charge in [0.2, 0.25) is 0 Å². The van der Waals surface area contributed by atoms with E-state index < -0.39 is 0 Å². The van der Waals surface area contributed by atoms with Gasteiger partial charge in [0.1, 0.15) is 6.29 Å². The zero-order valence-corrected chi connectivity index (χ0v) is 7.34. The largest absolute Gasteiger partial charge is 0.399 e. The second-order valence-corrected chi connectivity index (χ2v) is 2.89. The molecule has 3 heteroatoms. The van der Waals surface area contributed by atoms with E-state index >= 15 is 0 Å². The van der Waals surface area contributed by atoms with Crippen LogP contribution in [0.5, 0.6) is 0 Å². The fourth-order valence-corrected chi connectivity index (χ4v) is 1.26. The average Bonchev–Trinajstić information content (AvgIpc) is 2.05. The first-order valence-corrected chi connectivity index (χ1v) is 4.21. The summed E-state index contributed by atoms with van der Waals surface area (Å²) in [6.07, 6.45) is 1.50.